The Kier molecular flexibility index (Phi) is 8.73. The Morgan fingerprint density at radius 3 is 1.85 bits per heavy atom. The van der Waals surface area contributed by atoms with E-state index < -0.39 is 36.0 Å². The number of hydrogen-bond donors (Lipinski definition) is 6. The van der Waals surface area contributed by atoms with E-state index in [1.165, 1.54) is 12.1 Å². The van der Waals surface area contributed by atoms with Crippen molar-refractivity contribution in [3.8, 4) is 11.5 Å². The lowest BCUT2D eigenvalue weighted by Crippen LogP contribution is -2.61. The molecule has 2 heterocycles. The molecule has 2 fully saturated rings. The van der Waals surface area contributed by atoms with Crippen LogP contribution in [0, 0.1) is 11.3 Å². The van der Waals surface area contributed by atoms with Gasteiger partial charge in [0.2, 0.25) is 17.7 Å². The zero-order chi connectivity index (χ0) is 28.1. The number of amidine groups is 1. The van der Waals surface area contributed by atoms with Crippen molar-refractivity contribution in [2.24, 2.45) is 5.92 Å². The number of nitrogens with zero attached hydrogens (tertiary/aromatic N) is 1. The van der Waals surface area contributed by atoms with Crippen LogP contribution in [0.2, 0.25) is 0 Å². The third-order valence-corrected chi connectivity index (χ3v) is 7.24. The summed E-state index contributed by atoms with van der Waals surface area (Å²) in [6.07, 6.45) is 2.08. The van der Waals surface area contributed by atoms with Gasteiger partial charge in [0.15, 0.2) is 0 Å². The highest BCUT2D eigenvalue weighted by Crippen LogP contribution is 2.22. The zero-order valence-corrected chi connectivity index (χ0v) is 22.3. The van der Waals surface area contributed by atoms with E-state index in [9.17, 15) is 24.6 Å². The molecule has 2 aromatic carbocycles. The van der Waals surface area contributed by atoms with Gasteiger partial charge in [-0.2, -0.15) is 0 Å². The van der Waals surface area contributed by atoms with E-state index in [4.69, 9.17) is 5.41 Å². The number of aromatic hydroxyl groups is 2. The molecule has 0 spiro atoms. The van der Waals surface area contributed by atoms with Crippen LogP contribution < -0.4 is 16.0 Å². The summed E-state index contributed by atoms with van der Waals surface area (Å²) in [6, 6.07) is 9.84. The van der Waals surface area contributed by atoms with E-state index in [0.717, 1.165) is 11.1 Å². The summed E-state index contributed by atoms with van der Waals surface area (Å²) in [5, 5.41) is 37.1. The lowest BCUT2D eigenvalue weighted by molar-refractivity contribution is -0.133. The Balaban J connectivity index is 1.66. The SMILES string of the molecule is CC(C)CC1NC(=O)C(Cc2ccc(O)cc2)NC(=O)C2CCCN2C(=N)C(Cc2ccc(O)cc2)NC1=O. The predicted octanol–water partition coefficient (Wildman–Crippen LogP) is 1.84. The molecule has 3 amide bonds. The van der Waals surface area contributed by atoms with Crippen molar-refractivity contribution >= 4 is 23.6 Å². The highest BCUT2D eigenvalue weighted by molar-refractivity contribution is 5.98. The fourth-order valence-electron chi connectivity index (χ4n) is 5.20. The maximum absolute atomic E-state index is 13.6. The molecular weight excluding hydrogens is 498 g/mol. The van der Waals surface area contributed by atoms with E-state index in [-0.39, 0.29) is 35.6 Å². The molecule has 0 aliphatic carbocycles. The van der Waals surface area contributed by atoms with Gasteiger partial charge >= 0.3 is 0 Å². The van der Waals surface area contributed by atoms with Crippen molar-refractivity contribution in [3.63, 3.8) is 0 Å². The van der Waals surface area contributed by atoms with Gasteiger partial charge in [-0.15, -0.1) is 0 Å². The summed E-state index contributed by atoms with van der Waals surface area (Å²) in [7, 11) is 0. The summed E-state index contributed by atoms with van der Waals surface area (Å²) < 4.78 is 0. The third kappa shape index (κ3) is 7.07. The van der Waals surface area contributed by atoms with Crippen LogP contribution in [0.15, 0.2) is 48.5 Å². The topological polar surface area (TPSA) is 155 Å². The minimum atomic E-state index is -0.937. The van der Waals surface area contributed by atoms with Crippen molar-refractivity contribution in [2.75, 3.05) is 6.54 Å². The summed E-state index contributed by atoms with van der Waals surface area (Å²) in [5.74, 6) is -0.747. The van der Waals surface area contributed by atoms with Gasteiger partial charge in [0.05, 0.1) is 6.04 Å². The summed E-state index contributed by atoms with van der Waals surface area (Å²) in [6.45, 7) is 4.40. The van der Waals surface area contributed by atoms with Gasteiger partial charge < -0.3 is 31.1 Å². The van der Waals surface area contributed by atoms with Crippen LogP contribution >= 0.6 is 0 Å². The maximum atomic E-state index is 13.6. The Hall–Kier alpha value is -4.08. The standard InChI is InChI=1S/C29H37N5O5/c1-17(2)14-23-27(37)31-22(15-18-5-9-20(35)10-6-18)26(30)34-13-3-4-25(34)29(39)33-24(28(38)32-23)16-19-7-11-21(36)12-8-19/h5-12,17,22-25,30,35-36H,3-4,13-16H2,1-2H3,(H,31,37)(H,32,38)(H,33,39). The number of hydrogen-bond acceptors (Lipinski definition) is 6. The van der Waals surface area contributed by atoms with Crippen LogP contribution in [-0.4, -0.2) is 69.4 Å². The van der Waals surface area contributed by atoms with E-state index in [1.807, 2.05) is 13.8 Å². The minimum Gasteiger partial charge on any atom is -0.508 e. The Labute approximate surface area is 228 Å². The monoisotopic (exact) mass is 535 g/mol. The number of carbonyl (C=O) groups is 3. The highest BCUT2D eigenvalue weighted by atomic mass is 16.3. The lowest BCUT2D eigenvalue weighted by atomic mass is 9.98. The lowest BCUT2D eigenvalue weighted by Gasteiger charge is -2.34. The van der Waals surface area contributed by atoms with Crippen LogP contribution in [0.3, 0.4) is 0 Å². The van der Waals surface area contributed by atoms with Gasteiger partial charge in [-0.3, -0.25) is 19.8 Å². The second-order valence-electron chi connectivity index (χ2n) is 10.8. The number of rotatable bonds is 6. The van der Waals surface area contributed by atoms with Gasteiger partial charge in [0.25, 0.3) is 0 Å². The molecule has 10 heteroatoms. The number of phenols is 2. The average Bonchev–Trinajstić information content (AvgIpc) is 3.39. The summed E-state index contributed by atoms with van der Waals surface area (Å²) >= 11 is 0. The van der Waals surface area contributed by atoms with Gasteiger partial charge in [-0.1, -0.05) is 38.1 Å². The van der Waals surface area contributed by atoms with E-state index in [0.29, 0.717) is 32.2 Å². The first-order valence-electron chi connectivity index (χ1n) is 13.4. The fraction of sp³-hybridized carbons (Fsp3) is 0.448. The maximum Gasteiger partial charge on any atom is 0.243 e. The average molecular weight is 536 g/mol. The molecular formula is C29H37N5O5. The molecule has 39 heavy (non-hydrogen) atoms. The van der Waals surface area contributed by atoms with E-state index in [1.54, 1.807) is 41.3 Å². The zero-order valence-electron chi connectivity index (χ0n) is 22.3. The molecule has 6 N–H and O–H groups in total. The second-order valence-corrected chi connectivity index (χ2v) is 10.8. The Morgan fingerprint density at radius 2 is 1.28 bits per heavy atom. The molecule has 0 radical (unpaired) electrons. The van der Waals surface area contributed by atoms with Crippen LogP contribution in [0.25, 0.3) is 0 Å². The molecule has 2 aliphatic heterocycles. The minimum absolute atomic E-state index is 0.0945. The number of carbonyl (C=O) groups excluding carboxylic acids is 3. The fourth-order valence-corrected chi connectivity index (χ4v) is 5.20. The number of fused-ring (bicyclic) bond motifs is 1. The van der Waals surface area contributed by atoms with Crippen molar-refractivity contribution < 1.29 is 24.6 Å². The molecule has 0 aromatic heterocycles. The molecule has 4 rings (SSSR count). The number of amides is 3. The number of nitrogens with one attached hydrogen (secondary N) is 4. The number of phenolic OH excluding ortho intramolecular Hbond substituents is 2. The van der Waals surface area contributed by atoms with Crippen LogP contribution in [0.5, 0.6) is 11.5 Å². The van der Waals surface area contributed by atoms with E-state index >= 15 is 0 Å². The second kappa shape index (κ2) is 12.2. The number of benzene rings is 2. The molecule has 4 atom stereocenters. The van der Waals surface area contributed by atoms with Gasteiger partial charge in [0.1, 0.15) is 35.5 Å². The molecule has 0 saturated carbocycles. The smallest absolute Gasteiger partial charge is 0.243 e. The summed E-state index contributed by atoms with van der Waals surface area (Å²) in [4.78, 5) is 42.3. The van der Waals surface area contributed by atoms with Gasteiger partial charge in [0, 0.05) is 13.0 Å². The molecule has 208 valence electrons. The van der Waals surface area contributed by atoms with Crippen LogP contribution in [0.1, 0.15) is 44.2 Å². The van der Waals surface area contributed by atoms with Crippen LogP contribution in [0.4, 0.5) is 0 Å². The van der Waals surface area contributed by atoms with Crippen molar-refractivity contribution in [2.45, 2.75) is 70.1 Å². The summed E-state index contributed by atoms with van der Waals surface area (Å²) in [5.41, 5.74) is 1.56. The largest absolute Gasteiger partial charge is 0.508 e. The Morgan fingerprint density at radius 1 is 0.795 bits per heavy atom. The van der Waals surface area contributed by atoms with Crippen LogP contribution in [-0.2, 0) is 27.2 Å². The van der Waals surface area contributed by atoms with Crippen molar-refractivity contribution in [1.82, 2.24) is 20.9 Å². The first kappa shape index (κ1) is 27.9. The van der Waals surface area contributed by atoms with Crippen molar-refractivity contribution in [1.29, 1.82) is 5.41 Å². The van der Waals surface area contributed by atoms with Crippen molar-refractivity contribution in [3.05, 3.63) is 59.7 Å². The quantitative estimate of drug-likeness (QED) is 0.332. The first-order valence-corrected chi connectivity index (χ1v) is 13.4. The first-order chi connectivity index (χ1) is 18.6. The van der Waals surface area contributed by atoms with Gasteiger partial charge in [-0.05, 0) is 67.0 Å². The molecule has 0 bridgehead atoms. The Bertz CT molecular complexity index is 1200. The molecule has 2 saturated heterocycles. The highest BCUT2D eigenvalue weighted by Gasteiger charge is 2.39. The molecule has 10 nitrogen and oxygen atoms in total. The van der Waals surface area contributed by atoms with E-state index in [2.05, 4.69) is 16.0 Å². The molecule has 2 aromatic rings. The normalized spacial score (nSPS) is 24.3. The molecule has 4 unspecified atom stereocenters. The third-order valence-electron chi connectivity index (χ3n) is 7.24. The van der Waals surface area contributed by atoms with Gasteiger partial charge in [-0.25, -0.2) is 0 Å². The molecule has 2 aliphatic rings. The predicted molar refractivity (Wildman–Crippen MR) is 146 cm³/mol.